The van der Waals surface area contributed by atoms with Gasteiger partial charge in [0, 0.05) is 13.2 Å². The van der Waals surface area contributed by atoms with Crippen LogP contribution in [0.2, 0.25) is 0 Å². The summed E-state index contributed by atoms with van der Waals surface area (Å²) < 4.78 is 18.8. The van der Waals surface area contributed by atoms with E-state index < -0.39 is 0 Å². The van der Waals surface area contributed by atoms with E-state index >= 15 is 0 Å². The highest BCUT2D eigenvalue weighted by molar-refractivity contribution is 4.73. The quantitative estimate of drug-likeness (QED) is 0.0598. The molecule has 5 nitrogen and oxygen atoms in total. The molecule has 0 fully saturated rings. The van der Waals surface area contributed by atoms with Crippen LogP contribution in [0, 0.1) is 82.9 Å². The number of rotatable bonds is 42. The van der Waals surface area contributed by atoms with Gasteiger partial charge in [-0.05, 0) is 226 Å². The standard InChI is InChI=1S/C58H118O5/c1-19-61-57(25-21-23-41(3)27-43(5)29-45(7)31-47(9)33-49(11)35-51(13)37-53(15)39-55(17)59)63-58(62-20-2)26-22-24-42(4)28-44(6)30-46(8)32-48(10)34-50(12)36-52(14)38-54(16)40-56(18)60/h41-60H,19-40H2,1-18H3. The Bertz CT molecular complexity index is 939. The second-order valence-electron chi connectivity index (χ2n) is 24.2. The van der Waals surface area contributed by atoms with Gasteiger partial charge in [-0.3, -0.25) is 0 Å². The maximum atomic E-state index is 9.75. The lowest BCUT2D eigenvalue weighted by Gasteiger charge is -2.27. The Hall–Kier alpha value is -0.200. The molecule has 0 aromatic rings. The molecule has 2 N–H and O–H groups in total. The number of ether oxygens (including phenoxy) is 3. The largest absolute Gasteiger partial charge is 0.393 e. The topological polar surface area (TPSA) is 68.2 Å². The first-order valence-electron chi connectivity index (χ1n) is 27.8. The molecule has 380 valence electrons. The summed E-state index contributed by atoms with van der Waals surface area (Å²) in [6.45, 7) is 43.5. The molecule has 0 aromatic heterocycles. The van der Waals surface area contributed by atoms with E-state index in [1.807, 2.05) is 13.8 Å². The van der Waals surface area contributed by atoms with E-state index in [2.05, 4.69) is 111 Å². The van der Waals surface area contributed by atoms with Crippen LogP contribution in [-0.4, -0.2) is 48.2 Å². The van der Waals surface area contributed by atoms with Gasteiger partial charge in [0.1, 0.15) is 0 Å². The summed E-state index contributed by atoms with van der Waals surface area (Å²) in [5.41, 5.74) is 0. The first-order chi connectivity index (χ1) is 29.5. The van der Waals surface area contributed by atoms with Crippen molar-refractivity contribution in [2.45, 2.75) is 278 Å². The third-order valence-electron chi connectivity index (χ3n) is 14.4. The zero-order valence-corrected chi connectivity index (χ0v) is 46.1. The maximum Gasteiger partial charge on any atom is 0.160 e. The number of aliphatic hydroxyl groups is 2. The number of hydrogen-bond acceptors (Lipinski definition) is 5. The molecule has 0 spiro atoms. The van der Waals surface area contributed by atoms with Gasteiger partial charge >= 0.3 is 0 Å². The van der Waals surface area contributed by atoms with Crippen LogP contribution in [0.15, 0.2) is 0 Å². The van der Waals surface area contributed by atoms with Crippen LogP contribution >= 0.6 is 0 Å². The van der Waals surface area contributed by atoms with Crippen molar-refractivity contribution in [1.29, 1.82) is 0 Å². The minimum atomic E-state index is -0.187. The fraction of sp³-hybridized carbons (Fsp3) is 1.00. The van der Waals surface area contributed by atoms with Crippen LogP contribution in [0.5, 0.6) is 0 Å². The Labute approximate surface area is 396 Å². The molecule has 5 heteroatoms. The van der Waals surface area contributed by atoms with Crippen molar-refractivity contribution in [3.63, 3.8) is 0 Å². The van der Waals surface area contributed by atoms with Crippen molar-refractivity contribution in [3.05, 3.63) is 0 Å². The van der Waals surface area contributed by atoms with Gasteiger partial charge in [0.05, 0.1) is 12.2 Å². The van der Waals surface area contributed by atoms with Crippen LogP contribution in [0.1, 0.15) is 253 Å². The number of hydrogen-bond donors (Lipinski definition) is 2. The second kappa shape index (κ2) is 36.8. The molecule has 0 heterocycles. The van der Waals surface area contributed by atoms with E-state index in [9.17, 15) is 10.2 Å². The van der Waals surface area contributed by atoms with Crippen LogP contribution < -0.4 is 0 Å². The molecular weight excluding hydrogens is 777 g/mol. The van der Waals surface area contributed by atoms with Crippen LogP contribution in [0.25, 0.3) is 0 Å². The average Bonchev–Trinajstić information content (AvgIpc) is 3.09. The van der Waals surface area contributed by atoms with Crippen LogP contribution in [-0.2, 0) is 14.2 Å². The lowest BCUT2D eigenvalue weighted by atomic mass is 9.80. The van der Waals surface area contributed by atoms with Gasteiger partial charge in [-0.1, -0.05) is 110 Å². The predicted molar refractivity (Wildman–Crippen MR) is 276 cm³/mol. The highest BCUT2D eigenvalue weighted by Crippen LogP contribution is 2.33. The second-order valence-corrected chi connectivity index (χ2v) is 24.2. The van der Waals surface area contributed by atoms with Gasteiger partial charge in [0.15, 0.2) is 12.6 Å². The Morgan fingerprint density at radius 2 is 0.460 bits per heavy atom. The fourth-order valence-corrected chi connectivity index (χ4v) is 13.0. The van der Waals surface area contributed by atoms with Gasteiger partial charge in [-0.15, -0.1) is 0 Å². The molecule has 18 atom stereocenters. The Morgan fingerprint density at radius 1 is 0.270 bits per heavy atom. The summed E-state index contributed by atoms with van der Waals surface area (Å²) in [5.74, 6) is 10.3. The summed E-state index contributed by atoms with van der Waals surface area (Å²) in [6, 6.07) is 0. The maximum absolute atomic E-state index is 9.75. The highest BCUT2D eigenvalue weighted by atomic mass is 16.8. The molecule has 0 aliphatic carbocycles. The smallest absolute Gasteiger partial charge is 0.160 e. The van der Waals surface area contributed by atoms with Gasteiger partial charge in [0.2, 0.25) is 0 Å². The third kappa shape index (κ3) is 36.5. The molecule has 18 unspecified atom stereocenters. The predicted octanol–water partition coefficient (Wildman–Crippen LogP) is 17.2. The lowest BCUT2D eigenvalue weighted by Crippen LogP contribution is -2.27. The van der Waals surface area contributed by atoms with Crippen molar-refractivity contribution in [3.8, 4) is 0 Å². The molecule has 0 aromatic carbocycles. The van der Waals surface area contributed by atoms with Gasteiger partial charge in [0.25, 0.3) is 0 Å². The zero-order chi connectivity index (χ0) is 48.1. The molecule has 0 bridgehead atoms. The van der Waals surface area contributed by atoms with Crippen LogP contribution in [0.3, 0.4) is 0 Å². The summed E-state index contributed by atoms with van der Waals surface area (Å²) in [7, 11) is 0. The van der Waals surface area contributed by atoms with Gasteiger partial charge < -0.3 is 24.4 Å². The zero-order valence-electron chi connectivity index (χ0n) is 46.1. The van der Waals surface area contributed by atoms with E-state index in [1.165, 1.54) is 89.9 Å². The van der Waals surface area contributed by atoms with Crippen molar-refractivity contribution in [1.82, 2.24) is 0 Å². The van der Waals surface area contributed by atoms with Crippen LogP contribution in [0.4, 0.5) is 0 Å². The summed E-state index contributed by atoms with van der Waals surface area (Å²) in [4.78, 5) is 0. The molecule has 0 saturated carbocycles. The van der Waals surface area contributed by atoms with Crippen molar-refractivity contribution < 1.29 is 24.4 Å². The van der Waals surface area contributed by atoms with E-state index in [0.717, 1.165) is 97.7 Å². The fourth-order valence-electron chi connectivity index (χ4n) is 13.0. The van der Waals surface area contributed by atoms with E-state index in [1.54, 1.807) is 0 Å². The number of aliphatic hydroxyl groups excluding tert-OH is 2. The molecule has 0 rings (SSSR count). The minimum Gasteiger partial charge on any atom is -0.393 e. The normalized spacial score (nSPS) is 21.1. The first kappa shape index (κ1) is 62.8. The lowest BCUT2D eigenvalue weighted by molar-refractivity contribution is -0.247. The molecule has 63 heavy (non-hydrogen) atoms. The Morgan fingerprint density at radius 3 is 0.651 bits per heavy atom. The summed E-state index contributed by atoms with van der Waals surface area (Å²) >= 11 is 0. The average molecular weight is 896 g/mol. The van der Waals surface area contributed by atoms with Crippen molar-refractivity contribution >= 4 is 0 Å². The Balaban J connectivity index is 4.58. The van der Waals surface area contributed by atoms with E-state index in [0.29, 0.717) is 36.9 Å². The molecule has 0 amide bonds. The molecule has 0 aliphatic rings. The molecule has 0 radical (unpaired) electrons. The van der Waals surface area contributed by atoms with E-state index in [-0.39, 0.29) is 24.8 Å². The summed E-state index contributed by atoms with van der Waals surface area (Å²) in [6.07, 6.45) is 23.4. The minimum absolute atomic E-state index is 0.181. The van der Waals surface area contributed by atoms with E-state index in [4.69, 9.17) is 14.2 Å². The SMILES string of the molecule is CCOC(CCCC(C)CC(C)CC(C)CC(C)CC(C)CC(C)CC(C)CC(C)O)OC(CCCC(C)CC(C)CC(C)CC(C)CC(C)CC(C)CC(C)CC(C)O)OCC. The van der Waals surface area contributed by atoms with Gasteiger partial charge in [-0.25, -0.2) is 0 Å². The third-order valence-corrected chi connectivity index (χ3v) is 14.4. The highest BCUT2D eigenvalue weighted by Gasteiger charge is 2.23. The molecule has 0 saturated heterocycles. The first-order valence-corrected chi connectivity index (χ1v) is 27.8. The molecular formula is C58H118O5. The summed E-state index contributed by atoms with van der Waals surface area (Å²) in [5, 5.41) is 19.5. The van der Waals surface area contributed by atoms with Crippen molar-refractivity contribution in [2.75, 3.05) is 13.2 Å². The monoisotopic (exact) mass is 895 g/mol. The molecule has 0 aliphatic heterocycles. The van der Waals surface area contributed by atoms with Crippen molar-refractivity contribution in [2.24, 2.45) is 82.9 Å². The Kier molecular flexibility index (Phi) is 36.7. The van der Waals surface area contributed by atoms with Gasteiger partial charge in [-0.2, -0.15) is 0 Å².